The van der Waals surface area contributed by atoms with Crippen LogP contribution in [0.15, 0.2) is 6.33 Å². The first-order valence-electron chi connectivity index (χ1n) is 7.29. The van der Waals surface area contributed by atoms with Gasteiger partial charge in [0.25, 0.3) is 0 Å². The number of aromatic nitrogens is 3. The van der Waals surface area contributed by atoms with Crippen molar-refractivity contribution in [3.8, 4) is 0 Å². The van der Waals surface area contributed by atoms with Gasteiger partial charge in [-0.05, 0) is 49.4 Å². The third-order valence-electron chi connectivity index (χ3n) is 5.98. The monoisotopic (exact) mass is 246 g/mol. The molecule has 4 nitrogen and oxygen atoms in total. The summed E-state index contributed by atoms with van der Waals surface area (Å²) in [6.45, 7) is 0. The average molecular weight is 246 g/mol. The summed E-state index contributed by atoms with van der Waals surface area (Å²) >= 11 is 0. The highest BCUT2D eigenvalue weighted by molar-refractivity contribution is 5.15. The van der Waals surface area contributed by atoms with Crippen molar-refractivity contribution in [1.29, 1.82) is 0 Å². The van der Waals surface area contributed by atoms with Crippen molar-refractivity contribution in [3.63, 3.8) is 0 Å². The highest BCUT2D eigenvalue weighted by Gasteiger charge is 2.59. The smallest absolute Gasteiger partial charge is 0.138 e. The van der Waals surface area contributed by atoms with E-state index in [-0.39, 0.29) is 5.54 Å². The minimum atomic E-state index is -0.00301. The van der Waals surface area contributed by atoms with Gasteiger partial charge in [0.1, 0.15) is 12.2 Å². The van der Waals surface area contributed by atoms with Crippen LogP contribution in [0.2, 0.25) is 0 Å². The summed E-state index contributed by atoms with van der Waals surface area (Å²) in [7, 11) is 1.97. The van der Waals surface area contributed by atoms with E-state index in [0.29, 0.717) is 0 Å². The lowest BCUT2D eigenvalue weighted by Gasteiger charge is -2.40. The van der Waals surface area contributed by atoms with Gasteiger partial charge in [0, 0.05) is 19.0 Å². The molecule has 0 aliphatic heterocycles. The Kier molecular flexibility index (Phi) is 2.17. The number of nitrogens with zero attached hydrogens (tertiary/aromatic N) is 3. The van der Waals surface area contributed by atoms with E-state index in [0.717, 1.165) is 35.9 Å². The number of hydrogen-bond donors (Lipinski definition) is 1. The second-order valence-electron chi connectivity index (χ2n) is 6.77. The highest BCUT2D eigenvalue weighted by Crippen LogP contribution is 2.62. The Hall–Kier alpha value is -0.900. The Labute approximate surface area is 108 Å². The van der Waals surface area contributed by atoms with Gasteiger partial charge in [-0.25, -0.2) is 4.98 Å². The van der Waals surface area contributed by atoms with Crippen molar-refractivity contribution in [3.05, 3.63) is 12.2 Å². The highest BCUT2D eigenvalue weighted by atomic mass is 15.3. The second kappa shape index (κ2) is 3.56. The zero-order valence-corrected chi connectivity index (χ0v) is 11.0. The number of aryl methyl sites for hydroxylation is 1. The van der Waals surface area contributed by atoms with E-state index in [4.69, 9.17) is 5.73 Å². The Morgan fingerprint density at radius 1 is 1.44 bits per heavy atom. The Bertz CT molecular complexity index is 468. The summed E-state index contributed by atoms with van der Waals surface area (Å²) in [4.78, 5) is 4.37. The van der Waals surface area contributed by atoms with Gasteiger partial charge in [-0.2, -0.15) is 5.10 Å². The van der Waals surface area contributed by atoms with Crippen LogP contribution in [0.25, 0.3) is 0 Å². The molecule has 0 saturated heterocycles. The molecule has 0 spiro atoms. The van der Waals surface area contributed by atoms with Crippen molar-refractivity contribution in [2.45, 2.75) is 44.1 Å². The third-order valence-corrected chi connectivity index (χ3v) is 5.98. The first-order chi connectivity index (χ1) is 8.67. The van der Waals surface area contributed by atoms with Gasteiger partial charge in [-0.3, -0.25) is 4.68 Å². The van der Waals surface area contributed by atoms with E-state index in [1.807, 2.05) is 11.7 Å². The van der Waals surface area contributed by atoms with E-state index in [2.05, 4.69) is 10.1 Å². The van der Waals surface area contributed by atoms with Crippen molar-refractivity contribution in [2.75, 3.05) is 0 Å². The predicted molar refractivity (Wildman–Crippen MR) is 68.7 cm³/mol. The van der Waals surface area contributed by atoms with Gasteiger partial charge in [0.2, 0.25) is 0 Å². The van der Waals surface area contributed by atoms with E-state index in [1.165, 1.54) is 32.1 Å². The minimum absolute atomic E-state index is 0.00301. The summed E-state index contributed by atoms with van der Waals surface area (Å²) in [6, 6.07) is 0. The average Bonchev–Trinajstić information content (AvgIpc) is 3.01. The van der Waals surface area contributed by atoms with Crippen LogP contribution >= 0.6 is 0 Å². The molecule has 5 atom stereocenters. The van der Waals surface area contributed by atoms with E-state index >= 15 is 0 Å². The van der Waals surface area contributed by atoms with Crippen LogP contribution in [0, 0.1) is 23.7 Å². The fourth-order valence-corrected chi connectivity index (χ4v) is 5.29. The zero-order valence-electron chi connectivity index (χ0n) is 11.0. The van der Waals surface area contributed by atoms with Gasteiger partial charge >= 0.3 is 0 Å². The molecule has 1 heterocycles. The van der Waals surface area contributed by atoms with Crippen molar-refractivity contribution in [1.82, 2.24) is 14.8 Å². The van der Waals surface area contributed by atoms with Crippen LogP contribution in [0.1, 0.15) is 37.9 Å². The molecule has 1 aromatic heterocycles. The Morgan fingerprint density at radius 3 is 3.06 bits per heavy atom. The lowest BCUT2D eigenvalue weighted by molar-refractivity contribution is 0.153. The fraction of sp³-hybridized carbons (Fsp3) is 0.857. The van der Waals surface area contributed by atoms with E-state index in [9.17, 15) is 0 Å². The molecular formula is C14H22N4. The topological polar surface area (TPSA) is 56.7 Å². The fourth-order valence-electron chi connectivity index (χ4n) is 5.29. The Balaban J connectivity index is 1.60. The molecule has 3 aliphatic carbocycles. The maximum Gasteiger partial charge on any atom is 0.138 e. The second-order valence-corrected chi connectivity index (χ2v) is 6.77. The van der Waals surface area contributed by atoms with E-state index in [1.54, 1.807) is 6.33 Å². The molecule has 2 bridgehead atoms. The summed E-state index contributed by atoms with van der Waals surface area (Å²) in [5.74, 6) is 4.63. The summed E-state index contributed by atoms with van der Waals surface area (Å²) < 4.78 is 1.88. The molecule has 0 aromatic carbocycles. The normalized spacial score (nSPS) is 45.7. The maximum atomic E-state index is 6.78. The SMILES string of the molecule is Cn1ncnc1CC1(N)CC2CC1C1CCCC21. The predicted octanol–water partition coefficient (Wildman–Crippen LogP) is 1.51. The van der Waals surface area contributed by atoms with Gasteiger partial charge in [-0.1, -0.05) is 6.42 Å². The van der Waals surface area contributed by atoms with Gasteiger partial charge in [0.05, 0.1) is 0 Å². The number of rotatable bonds is 2. The van der Waals surface area contributed by atoms with Crippen LogP contribution in [0.4, 0.5) is 0 Å². The molecule has 18 heavy (non-hydrogen) atoms. The van der Waals surface area contributed by atoms with Crippen LogP contribution < -0.4 is 5.73 Å². The lowest BCUT2D eigenvalue weighted by Crippen LogP contribution is -2.51. The maximum absolute atomic E-state index is 6.78. The largest absolute Gasteiger partial charge is 0.324 e. The van der Waals surface area contributed by atoms with Crippen molar-refractivity contribution >= 4 is 0 Å². The van der Waals surface area contributed by atoms with Crippen LogP contribution in [-0.4, -0.2) is 20.3 Å². The quantitative estimate of drug-likeness (QED) is 0.860. The Morgan fingerprint density at radius 2 is 2.28 bits per heavy atom. The standard InChI is InChI=1S/C14H22N4/c1-18-13(16-8-17-18)7-14(15)6-9-5-12(14)11-4-2-3-10(9)11/h8-12H,2-7,15H2,1H3. The van der Waals surface area contributed by atoms with Crippen molar-refractivity contribution < 1.29 is 0 Å². The third kappa shape index (κ3) is 1.35. The van der Waals surface area contributed by atoms with Crippen LogP contribution in [0.3, 0.4) is 0 Å². The zero-order chi connectivity index (χ0) is 12.3. The molecule has 1 aromatic rings. The van der Waals surface area contributed by atoms with Crippen LogP contribution in [0.5, 0.6) is 0 Å². The molecule has 2 N–H and O–H groups in total. The minimum Gasteiger partial charge on any atom is -0.324 e. The summed E-state index contributed by atoms with van der Waals surface area (Å²) in [5.41, 5.74) is 6.78. The number of hydrogen-bond acceptors (Lipinski definition) is 3. The van der Waals surface area contributed by atoms with Gasteiger partial charge in [-0.15, -0.1) is 0 Å². The molecule has 4 rings (SSSR count). The summed E-state index contributed by atoms with van der Waals surface area (Å²) in [5, 5.41) is 4.17. The van der Waals surface area contributed by atoms with Crippen molar-refractivity contribution in [2.24, 2.45) is 36.5 Å². The van der Waals surface area contributed by atoms with Gasteiger partial charge < -0.3 is 5.73 Å². The molecule has 3 saturated carbocycles. The molecule has 98 valence electrons. The molecule has 0 amide bonds. The van der Waals surface area contributed by atoms with Crippen LogP contribution in [-0.2, 0) is 13.5 Å². The van der Waals surface area contributed by atoms with Gasteiger partial charge in [0.15, 0.2) is 0 Å². The molecule has 5 unspecified atom stereocenters. The first-order valence-corrected chi connectivity index (χ1v) is 7.29. The lowest BCUT2D eigenvalue weighted by atomic mass is 9.70. The number of nitrogens with two attached hydrogens (primary N) is 1. The molecular weight excluding hydrogens is 224 g/mol. The molecule has 3 fully saturated rings. The van der Waals surface area contributed by atoms with E-state index < -0.39 is 0 Å². The molecule has 0 radical (unpaired) electrons. The number of fused-ring (bicyclic) bond motifs is 5. The molecule has 3 aliphatic rings. The summed E-state index contributed by atoms with van der Waals surface area (Å²) in [6.07, 6.45) is 9.46. The molecule has 4 heteroatoms. The first kappa shape index (κ1) is 11.0.